The van der Waals surface area contributed by atoms with E-state index in [0.29, 0.717) is 0 Å². The number of carbonyl (C=O) groups is 1. The standard InChI is InChI=1S/C21H17BrF5IO2/c1-2-3-4-5-6-13(28)15(22)11-7-9-12(10-8-11)30-21(29)14-16(23)18(25)20(27)19(26)17(14)24/h7-10H,2-6H2,1H3/b15-13+. The van der Waals surface area contributed by atoms with Crippen molar-refractivity contribution in [2.75, 3.05) is 0 Å². The Hall–Kier alpha value is -1.49. The van der Waals surface area contributed by atoms with Crippen LogP contribution in [0.1, 0.15) is 54.9 Å². The zero-order valence-electron chi connectivity index (χ0n) is 15.8. The van der Waals surface area contributed by atoms with Crippen LogP contribution in [0.5, 0.6) is 5.75 Å². The summed E-state index contributed by atoms with van der Waals surface area (Å²) in [6.45, 7) is 2.14. The minimum absolute atomic E-state index is 0.106. The molecule has 0 bridgehead atoms. The quantitative estimate of drug-likeness (QED) is 0.0581. The van der Waals surface area contributed by atoms with Crippen molar-refractivity contribution in [3.8, 4) is 5.75 Å². The average Bonchev–Trinajstić information content (AvgIpc) is 2.74. The molecule has 0 aliphatic rings. The van der Waals surface area contributed by atoms with E-state index >= 15 is 0 Å². The zero-order valence-corrected chi connectivity index (χ0v) is 19.6. The number of carbonyl (C=O) groups excluding carboxylic acids is 1. The van der Waals surface area contributed by atoms with Crippen LogP contribution in [0.25, 0.3) is 4.48 Å². The fraction of sp³-hybridized carbons (Fsp3) is 0.286. The molecular formula is C21H17BrF5IO2. The van der Waals surface area contributed by atoms with Crippen LogP contribution in [0.15, 0.2) is 27.8 Å². The van der Waals surface area contributed by atoms with Crippen molar-refractivity contribution in [3.63, 3.8) is 0 Å². The van der Waals surface area contributed by atoms with Gasteiger partial charge in [-0.15, -0.1) is 0 Å². The lowest BCUT2D eigenvalue weighted by Crippen LogP contribution is -2.17. The first-order chi connectivity index (χ1) is 14.2. The Morgan fingerprint density at radius 3 is 1.97 bits per heavy atom. The van der Waals surface area contributed by atoms with Crippen molar-refractivity contribution in [2.45, 2.75) is 39.0 Å². The molecule has 2 nitrogen and oxygen atoms in total. The number of esters is 1. The maximum absolute atomic E-state index is 13.7. The van der Waals surface area contributed by atoms with Crippen molar-refractivity contribution in [1.82, 2.24) is 0 Å². The van der Waals surface area contributed by atoms with Crippen molar-refractivity contribution >= 4 is 49.0 Å². The maximum Gasteiger partial charge on any atom is 0.349 e. The first kappa shape index (κ1) is 24.8. The zero-order chi connectivity index (χ0) is 22.4. The van der Waals surface area contributed by atoms with Crippen LogP contribution in [0.3, 0.4) is 0 Å². The van der Waals surface area contributed by atoms with Crippen LogP contribution < -0.4 is 4.74 Å². The van der Waals surface area contributed by atoms with E-state index in [1.54, 1.807) is 12.1 Å². The summed E-state index contributed by atoms with van der Waals surface area (Å²) in [5, 5.41) is 0. The number of hydrogen-bond donors (Lipinski definition) is 0. The van der Waals surface area contributed by atoms with Crippen LogP contribution in [0.4, 0.5) is 22.0 Å². The molecule has 30 heavy (non-hydrogen) atoms. The Morgan fingerprint density at radius 2 is 1.43 bits per heavy atom. The molecule has 9 heteroatoms. The van der Waals surface area contributed by atoms with E-state index < -0.39 is 40.6 Å². The van der Waals surface area contributed by atoms with Gasteiger partial charge in [0.05, 0.1) is 0 Å². The number of benzene rings is 2. The summed E-state index contributed by atoms with van der Waals surface area (Å²) in [5.41, 5.74) is -0.857. The molecule has 0 atom stereocenters. The van der Waals surface area contributed by atoms with Gasteiger partial charge in [0.2, 0.25) is 5.82 Å². The van der Waals surface area contributed by atoms with Crippen molar-refractivity contribution < 1.29 is 31.5 Å². The second kappa shape index (κ2) is 11.2. The largest absolute Gasteiger partial charge is 0.423 e. The summed E-state index contributed by atoms with van der Waals surface area (Å²) in [6, 6.07) is 5.94. The van der Waals surface area contributed by atoms with Crippen LogP contribution >= 0.6 is 38.5 Å². The molecule has 2 rings (SSSR count). The third-order valence-electron chi connectivity index (χ3n) is 4.22. The molecule has 0 aromatic heterocycles. The summed E-state index contributed by atoms with van der Waals surface area (Å²) in [6.07, 6.45) is 5.41. The molecule has 0 unspecified atom stereocenters. The molecule has 0 aliphatic heterocycles. The van der Waals surface area contributed by atoms with Crippen LogP contribution in [-0.2, 0) is 0 Å². The number of rotatable bonds is 8. The topological polar surface area (TPSA) is 26.3 Å². The van der Waals surface area contributed by atoms with E-state index in [2.05, 4.69) is 45.4 Å². The highest BCUT2D eigenvalue weighted by atomic mass is 127. The molecule has 0 radical (unpaired) electrons. The minimum atomic E-state index is -2.34. The lowest BCUT2D eigenvalue weighted by atomic mass is 10.1. The predicted molar refractivity (Wildman–Crippen MR) is 116 cm³/mol. The van der Waals surface area contributed by atoms with Gasteiger partial charge in [-0.25, -0.2) is 26.7 Å². The smallest absolute Gasteiger partial charge is 0.349 e. The van der Waals surface area contributed by atoms with Crippen molar-refractivity contribution in [3.05, 3.63) is 68.1 Å². The van der Waals surface area contributed by atoms with Crippen LogP contribution in [0.2, 0.25) is 0 Å². The van der Waals surface area contributed by atoms with Gasteiger partial charge >= 0.3 is 5.97 Å². The number of unbranched alkanes of at least 4 members (excludes halogenated alkanes) is 3. The second-order valence-electron chi connectivity index (χ2n) is 6.39. The highest BCUT2D eigenvalue weighted by Gasteiger charge is 2.31. The van der Waals surface area contributed by atoms with Gasteiger partial charge in [0, 0.05) is 8.06 Å². The van der Waals surface area contributed by atoms with E-state index in [4.69, 9.17) is 4.74 Å². The Bertz CT molecular complexity index is 932. The summed E-state index contributed by atoms with van der Waals surface area (Å²) in [7, 11) is 0. The van der Waals surface area contributed by atoms with E-state index in [9.17, 15) is 26.7 Å². The molecule has 0 saturated carbocycles. The van der Waals surface area contributed by atoms with E-state index in [0.717, 1.165) is 39.3 Å². The molecule has 2 aromatic carbocycles. The monoisotopic (exact) mass is 602 g/mol. The third kappa shape index (κ3) is 5.81. The van der Waals surface area contributed by atoms with Crippen LogP contribution in [-0.4, -0.2) is 5.97 Å². The van der Waals surface area contributed by atoms with E-state index in [1.807, 2.05) is 0 Å². The maximum atomic E-state index is 13.7. The lowest BCUT2D eigenvalue weighted by molar-refractivity contribution is 0.0721. The molecule has 0 aliphatic carbocycles. The van der Waals surface area contributed by atoms with Gasteiger partial charge in [0.15, 0.2) is 23.3 Å². The van der Waals surface area contributed by atoms with Gasteiger partial charge in [-0.1, -0.05) is 38.3 Å². The van der Waals surface area contributed by atoms with E-state index in [-0.39, 0.29) is 5.75 Å². The summed E-state index contributed by atoms with van der Waals surface area (Å²) in [4.78, 5) is 12.0. The van der Waals surface area contributed by atoms with Gasteiger partial charge < -0.3 is 4.74 Å². The highest BCUT2D eigenvalue weighted by Crippen LogP contribution is 2.33. The Morgan fingerprint density at radius 1 is 0.900 bits per heavy atom. The molecular weight excluding hydrogens is 586 g/mol. The molecule has 0 saturated heterocycles. The van der Waals surface area contributed by atoms with Gasteiger partial charge in [-0.05, 0) is 69.1 Å². The van der Waals surface area contributed by atoms with Crippen molar-refractivity contribution in [2.24, 2.45) is 0 Å². The fourth-order valence-corrected chi connectivity index (χ4v) is 3.74. The second-order valence-corrected chi connectivity index (χ2v) is 8.48. The SMILES string of the molecule is CCCCCC/C(I)=C(\Br)c1ccc(OC(=O)c2c(F)c(F)c(F)c(F)c2F)cc1. The summed E-state index contributed by atoms with van der Waals surface area (Å²) >= 11 is 5.76. The number of ether oxygens (including phenoxy) is 1. The van der Waals surface area contributed by atoms with Gasteiger partial charge in [-0.2, -0.15) is 0 Å². The predicted octanol–water partition coefficient (Wildman–Crippen LogP) is 8.07. The Kier molecular flexibility index (Phi) is 9.27. The molecule has 162 valence electrons. The van der Waals surface area contributed by atoms with E-state index in [1.165, 1.54) is 18.6 Å². The molecule has 0 heterocycles. The Labute approximate surface area is 192 Å². The summed E-state index contributed by atoms with van der Waals surface area (Å²) in [5.74, 6) is -13.0. The lowest BCUT2D eigenvalue weighted by Gasteiger charge is -2.09. The number of halogens is 7. The van der Waals surface area contributed by atoms with Crippen LogP contribution in [0, 0.1) is 29.1 Å². The average molecular weight is 603 g/mol. The van der Waals surface area contributed by atoms with Gasteiger partial charge in [0.25, 0.3) is 0 Å². The van der Waals surface area contributed by atoms with Gasteiger partial charge in [-0.3, -0.25) is 0 Å². The number of allylic oxidation sites excluding steroid dienone is 1. The molecule has 0 amide bonds. The highest BCUT2D eigenvalue weighted by molar-refractivity contribution is 14.1. The molecule has 0 fully saturated rings. The summed E-state index contributed by atoms with van der Waals surface area (Å²) < 4.78 is 73.9. The first-order valence-corrected chi connectivity index (χ1v) is 10.9. The molecule has 0 N–H and O–H groups in total. The van der Waals surface area contributed by atoms with Crippen molar-refractivity contribution in [1.29, 1.82) is 0 Å². The Balaban J connectivity index is 2.16. The third-order valence-corrected chi connectivity index (χ3v) is 6.98. The number of hydrogen-bond acceptors (Lipinski definition) is 2. The first-order valence-electron chi connectivity index (χ1n) is 9.07. The molecule has 2 aromatic rings. The minimum Gasteiger partial charge on any atom is -0.423 e. The molecule has 0 spiro atoms. The fourth-order valence-electron chi connectivity index (χ4n) is 2.58. The normalized spacial score (nSPS) is 12.0. The van der Waals surface area contributed by atoms with Gasteiger partial charge in [0.1, 0.15) is 11.3 Å².